The summed E-state index contributed by atoms with van der Waals surface area (Å²) >= 11 is 0. The summed E-state index contributed by atoms with van der Waals surface area (Å²) in [4.78, 5) is 0. The first kappa shape index (κ1) is 9.61. The Morgan fingerprint density at radius 1 is 1.20 bits per heavy atom. The van der Waals surface area contributed by atoms with E-state index in [0.717, 1.165) is 0 Å². The van der Waals surface area contributed by atoms with Crippen molar-refractivity contribution in [1.29, 1.82) is 0 Å². The topological polar surface area (TPSA) is 20.2 Å². The molecule has 0 saturated heterocycles. The molecule has 0 aromatic rings. The minimum absolute atomic E-state index is 1.86. The van der Waals surface area contributed by atoms with Crippen LogP contribution >= 0.6 is 0 Å². The van der Waals surface area contributed by atoms with Crippen molar-refractivity contribution in [3.63, 3.8) is 0 Å². The fourth-order valence-corrected chi connectivity index (χ4v) is 0.326. The molecule has 1 atom stereocenters. The smallest absolute Gasteiger partial charge is 0.387 e. The first-order valence-corrected chi connectivity index (χ1v) is 2.36. The Morgan fingerprint density at radius 2 is 1.60 bits per heavy atom. The molecule has 0 fully saturated rings. The van der Waals surface area contributed by atoms with Crippen molar-refractivity contribution in [1.82, 2.24) is 0 Å². The summed E-state index contributed by atoms with van der Waals surface area (Å²) in [6, 6.07) is 0. The lowest BCUT2D eigenvalue weighted by atomic mass is 10.2. The van der Waals surface area contributed by atoms with Crippen LogP contribution in [0.4, 0.5) is 22.0 Å². The van der Waals surface area contributed by atoms with E-state index < -0.39 is 25.1 Å². The summed E-state index contributed by atoms with van der Waals surface area (Å²) < 4.78 is 55.9. The van der Waals surface area contributed by atoms with Gasteiger partial charge in [0.2, 0.25) is 0 Å². The minimum atomic E-state index is -4.73. The second kappa shape index (κ2) is 3.14. The largest absolute Gasteiger partial charge is 0.391 e. The molecule has 0 rings (SSSR count). The Morgan fingerprint density at radius 3 is 1.70 bits per heavy atom. The second-order valence-electron chi connectivity index (χ2n) is 1.72. The van der Waals surface area contributed by atoms with Gasteiger partial charge in [0.1, 0.15) is 6.10 Å². The van der Waals surface area contributed by atoms with Crippen molar-refractivity contribution < 1.29 is 27.1 Å². The quantitative estimate of drug-likeness (QED) is 0.614. The number of hydrogen-bond donors (Lipinski definition) is 1. The SMILES string of the molecule is OC(CC(F)(F)F)C(F)F. The molecule has 0 aromatic carbocycles. The Balaban J connectivity index is 3.68. The Labute approximate surface area is 53.5 Å². The third-order valence-electron chi connectivity index (χ3n) is 0.731. The maximum absolute atomic E-state index is 11.2. The van der Waals surface area contributed by atoms with Crippen LogP contribution in [0.3, 0.4) is 0 Å². The van der Waals surface area contributed by atoms with Gasteiger partial charge in [0.15, 0.2) is 0 Å². The van der Waals surface area contributed by atoms with Gasteiger partial charge in [-0.25, -0.2) is 8.78 Å². The molecule has 0 radical (unpaired) electrons. The molecule has 0 aliphatic carbocycles. The number of aliphatic hydroxyl groups is 1. The van der Waals surface area contributed by atoms with Gasteiger partial charge in [-0.15, -0.1) is 0 Å². The van der Waals surface area contributed by atoms with Crippen molar-refractivity contribution in [2.24, 2.45) is 0 Å². The maximum Gasteiger partial charge on any atom is 0.391 e. The van der Waals surface area contributed by atoms with Crippen molar-refractivity contribution in [2.75, 3.05) is 0 Å². The highest BCUT2D eigenvalue weighted by atomic mass is 19.4. The molecule has 0 aliphatic rings. The summed E-state index contributed by atoms with van der Waals surface area (Å²) in [5.41, 5.74) is 0. The van der Waals surface area contributed by atoms with Crippen LogP contribution in [-0.2, 0) is 0 Å². The Hall–Kier alpha value is -0.390. The predicted octanol–water partition coefficient (Wildman–Crippen LogP) is 1.56. The van der Waals surface area contributed by atoms with Crippen LogP contribution in [0, 0.1) is 0 Å². The zero-order valence-electron chi connectivity index (χ0n) is 4.70. The molecule has 62 valence electrons. The highest BCUT2D eigenvalue weighted by Gasteiger charge is 2.34. The average Bonchev–Trinajstić information content (AvgIpc) is 1.60. The molecule has 0 saturated carbocycles. The molecule has 0 amide bonds. The van der Waals surface area contributed by atoms with E-state index in [9.17, 15) is 22.0 Å². The van der Waals surface area contributed by atoms with Gasteiger partial charge in [-0.05, 0) is 0 Å². The first-order valence-electron chi connectivity index (χ1n) is 2.36. The molecule has 1 N–H and O–H groups in total. The van der Waals surface area contributed by atoms with Gasteiger partial charge >= 0.3 is 6.18 Å². The Bertz CT molecular complexity index is 98.3. The summed E-state index contributed by atoms with van der Waals surface area (Å²) in [7, 11) is 0. The number of aliphatic hydroxyl groups excluding tert-OH is 1. The molecule has 10 heavy (non-hydrogen) atoms. The molecule has 6 heteroatoms. The van der Waals surface area contributed by atoms with Crippen LogP contribution in [0.15, 0.2) is 0 Å². The van der Waals surface area contributed by atoms with Gasteiger partial charge in [0.25, 0.3) is 6.43 Å². The summed E-state index contributed by atoms with van der Waals surface area (Å²) in [5.74, 6) is 0. The van der Waals surface area contributed by atoms with Gasteiger partial charge in [-0.1, -0.05) is 0 Å². The highest BCUT2D eigenvalue weighted by molar-refractivity contribution is 4.62. The van der Waals surface area contributed by atoms with Crippen LogP contribution in [-0.4, -0.2) is 23.8 Å². The van der Waals surface area contributed by atoms with E-state index in [1.165, 1.54) is 0 Å². The standard InChI is InChI=1S/C4H5F5O/c5-3(6)2(10)1-4(7,8)9/h2-3,10H,1H2. The third-order valence-corrected chi connectivity index (χ3v) is 0.731. The molecule has 0 heterocycles. The molecule has 1 nitrogen and oxygen atoms in total. The molecule has 1 unspecified atom stereocenters. The molecule has 0 aliphatic heterocycles. The lowest BCUT2D eigenvalue weighted by Crippen LogP contribution is -2.25. The van der Waals surface area contributed by atoms with Gasteiger partial charge < -0.3 is 5.11 Å². The molecule has 0 aromatic heterocycles. The monoisotopic (exact) mass is 164 g/mol. The normalized spacial score (nSPS) is 15.9. The van der Waals surface area contributed by atoms with Crippen LogP contribution in [0.25, 0.3) is 0 Å². The van der Waals surface area contributed by atoms with Crippen molar-refractivity contribution in [2.45, 2.75) is 25.1 Å². The molecular formula is C4H5F5O. The number of alkyl halides is 5. The summed E-state index contributed by atoms with van der Waals surface area (Å²) in [6.07, 6.45) is -12.5. The number of rotatable bonds is 2. The zero-order valence-corrected chi connectivity index (χ0v) is 4.70. The maximum atomic E-state index is 11.2. The number of hydrogen-bond acceptors (Lipinski definition) is 1. The summed E-state index contributed by atoms with van der Waals surface area (Å²) in [5, 5.41) is 7.99. The third kappa shape index (κ3) is 4.49. The van der Waals surface area contributed by atoms with Crippen molar-refractivity contribution in [3.05, 3.63) is 0 Å². The second-order valence-corrected chi connectivity index (χ2v) is 1.72. The zero-order chi connectivity index (χ0) is 8.36. The van der Waals surface area contributed by atoms with E-state index >= 15 is 0 Å². The summed E-state index contributed by atoms with van der Waals surface area (Å²) in [6.45, 7) is 0. The van der Waals surface area contributed by atoms with E-state index in [4.69, 9.17) is 5.11 Å². The molecule has 0 spiro atoms. The molecular weight excluding hydrogens is 159 g/mol. The van der Waals surface area contributed by atoms with Crippen molar-refractivity contribution in [3.8, 4) is 0 Å². The van der Waals surface area contributed by atoms with Crippen molar-refractivity contribution >= 4 is 0 Å². The van der Waals surface area contributed by atoms with E-state index in [-0.39, 0.29) is 0 Å². The fraction of sp³-hybridized carbons (Fsp3) is 1.00. The number of halogens is 5. The first-order chi connectivity index (χ1) is 4.33. The van der Waals surface area contributed by atoms with Gasteiger partial charge in [0, 0.05) is 0 Å². The highest BCUT2D eigenvalue weighted by Crippen LogP contribution is 2.23. The predicted molar refractivity (Wildman–Crippen MR) is 22.7 cm³/mol. The fourth-order valence-electron chi connectivity index (χ4n) is 0.326. The van der Waals surface area contributed by atoms with Crippen LogP contribution < -0.4 is 0 Å². The van der Waals surface area contributed by atoms with Gasteiger partial charge in [0.05, 0.1) is 6.42 Å². The lowest BCUT2D eigenvalue weighted by Gasteiger charge is -2.10. The van der Waals surface area contributed by atoms with Gasteiger partial charge in [-0.3, -0.25) is 0 Å². The van der Waals surface area contributed by atoms with E-state index in [1.807, 2.05) is 0 Å². The van der Waals surface area contributed by atoms with E-state index in [1.54, 1.807) is 0 Å². The van der Waals surface area contributed by atoms with E-state index in [2.05, 4.69) is 0 Å². The van der Waals surface area contributed by atoms with Crippen LogP contribution in [0.2, 0.25) is 0 Å². The average molecular weight is 164 g/mol. The Kier molecular flexibility index (Phi) is 3.01. The minimum Gasteiger partial charge on any atom is -0.387 e. The molecule has 0 bridgehead atoms. The lowest BCUT2D eigenvalue weighted by molar-refractivity contribution is -0.169. The van der Waals surface area contributed by atoms with Crippen LogP contribution in [0.5, 0.6) is 0 Å². The van der Waals surface area contributed by atoms with E-state index in [0.29, 0.717) is 0 Å². The van der Waals surface area contributed by atoms with Crippen LogP contribution in [0.1, 0.15) is 6.42 Å². The van der Waals surface area contributed by atoms with Gasteiger partial charge in [-0.2, -0.15) is 13.2 Å².